The van der Waals surface area contributed by atoms with Crippen LogP contribution in [0.4, 0.5) is 0 Å². The van der Waals surface area contributed by atoms with Gasteiger partial charge in [0, 0.05) is 0 Å². The Bertz CT molecular complexity index is 406. The molecule has 0 bridgehead atoms. The standard InChI is InChI=1S/C13H16N2O2/c1-3-17-13(16)9-15-12(8-14)11-6-4-10(2)5-7-11/h4-7,12,15H,3,9H2,1-2H3. The van der Waals surface area contributed by atoms with Crippen LogP contribution in [0, 0.1) is 18.3 Å². The summed E-state index contributed by atoms with van der Waals surface area (Å²) in [5.74, 6) is -0.347. The Morgan fingerprint density at radius 3 is 2.65 bits per heavy atom. The number of nitrogens with zero attached hydrogens (tertiary/aromatic N) is 1. The lowest BCUT2D eigenvalue weighted by molar-refractivity contribution is -0.142. The van der Waals surface area contributed by atoms with Crippen LogP contribution in [0.3, 0.4) is 0 Å². The molecule has 0 aliphatic heterocycles. The second-order valence-corrected chi connectivity index (χ2v) is 3.66. The van der Waals surface area contributed by atoms with Gasteiger partial charge < -0.3 is 4.74 Å². The van der Waals surface area contributed by atoms with E-state index in [0.29, 0.717) is 6.61 Å². The molecular weight excluding hydrogens is 216 g/mol. The average molecular weight is 232 g/mol. The second kappa shape index (κ2) is 6.66. The van der Waals surface area contributed by atoms with Crippen molar-refractivity contribution in [3.8, 4) is 6.07 Å². The molecular formula is C13H16N2O2. The molecule has 4 nitrogen and oxygen atoms in total. The molecule has 0 spiro atoms. The first-order chi connectivity index (χ1) is 8.17. The Balaban J connectivity index is 2.58. The Hall–Kier alpha value is -1.86. The van der Waals surface area contributed by atoms with Crippen molar-refractivity contribution < 1.29 is 9.53 Å². The monoisotopic (exact) mass is 232 g/mol. The molecule has 90 valence electrons. The summed E-state index contributed by atoms with van der Waals surface area (Å²) in [6.45, 7) is 4.12. The number of benzene rings is 1. The van der Waals surface area contributed by atoms with Crippen molar-refractivity contribution >= 4 is 5.97 Å². The van der Waals surface area contributed by atoms with Gasteiger partial charge >= 0.3 is 5.97 Å². The first kappa shape index (κ1) is 13.2. The van der Waals surface area contributed by atoms with Crippen molar-refractivity contribution in [1.29, 1.82) is 5.26 Å². The van der Waals surface area contributed by atoms with Crippen LogP contribution in [0.15, 0.2) is 24.3 Å². The maximum absolute atomic E-state index is 11.2. The van der Waals surface area contributed by atoms with Crippen molar-refractivity contribution in [2.45, 2.75) is 19.9 Å². The minimum atomic E-state index is -0.486. The summed E-state index contributed by atoms with van der Waals surface area (Å²) >= 11 is 0. The number of nitriles is 1. The van der Waals surface area contributed by atoms with Crippen LogP contribution < -0.4 is 5.32 Å². The molecule has 1 atom stereocenters. The topological polar surface area (TPSA) is 62.1 Å². The molecule has 1 N–H and O–H groups in total. The van der Waals surface area contributed by atoms with Crippen molar-refractivity contribution in [2.75, 3.05) is 13.2 Å². The van der Waals surface area contributed by atoms with Gasteiger partial charge in [0.05, 0.1) is 19.2 Å². The molecule has 0 fully saturated rings. The van der Waals surface area contributed by atoms with E-state index in [1.807, 2.05) is 31.2 Å². The summed E-state index contributed by atoms with van der Waals surface area (Å²) in [6.07, 6.45) is 0. The number of carbonyl (C=O) groups is 1. The Morgan fingerprint density at radius 1 is 1.47 bits per heavy atom. The fraction of sp³-hybridized carbons (Fsp3) is 0.385. The van der Waals surface area contributed by atoms with Crippen LogP contribution in [0.2, 0.25) is 0 Å². The van der Waals surface area contributed by atoms with E-state index < -0.39 is 6.04 Å². The van der Waals surface area contributed by atoms with Gasteiger partial charge in [-0.1, -0.05) is 29.8 Å². The van der Waals surface area contributed by atoms with E-state index >= 15 is 0 Å². The average Bonchev–Trinajstić information content (AvgIpc) is 2.32. The molecule has 1 unspecified atom stereocenters. The second-order valence-electron chi connectivity index (χ2n) is 3.66. The highest BCUT2D eigenvalue weighted by Crippen LogP contribution is 2.12. The van der Waals surface area contributed by atoms with Gasteiger partial charge in [0.2, 0.25) is 0 Å². The summed E-state index contributed by atoms with van der Waals surface area (Å²) in [4.78, 5) is 11.2. The highest BCUT2D eigenvalue weighted by Gasteiger charge is 2.11. The molecule has 17 heavy (non-hydrogen) atoms. The molecule has 0 saturated heterocycles. The van der Waals surface area contributed by atoms with Gasteiger partial charge in [0.1, 0.15) is 6.04 Å². The van der Waals surface area contributed by atoms with E-state index in [4.69, 9.17) is 10.00 Å². The zero-order valence-electron chi connectivity index (χ0n) is 10.1. The molecule has 0 heterocycles. The van der Waals surface area contributed by atoms with Crippen LogP contribution in [-0.2, 0) is 9.53 Å². The van der Waals surface area contributed by atoms with Gasteiger partial charge in [-0.2, -0.15) is 5.26 Å². The van der Waals surface area contributed by atoms with Crippen LogP contribution in [0.25, 0.3) is 0 Å². The molecule has 0 radical (unpaired) electrons. The van der Waals surface area contributed by atoms with Gasteiger partial charge in [0.15, 0.2) is 0 Å². The fourth-order valence-corrected chi connectivity index (χ4v) is 1.39. The number of carbonyl (C=O) groups excluding carboxylic acids is 1. The number of aryl methyl sites for hydroxylation is 1. The molecule has 0 amide bonds. The molecule has 0 aromatic heterocycles. The van der Waals surface area contributed by atoms with E-state index in [1.54, 1.807) is 6.92 Å². The predicted octanol–water partition coefficient (Wildman–Crippen LogP) is 1.71. The van der Waals surface area contributed by atoms with Crippen LogP contribution in [0.5, 0.6) is 0 Å². The molecule has 1 rings (SSSR count). The normalized spacial score (nSPS) is 11.6. The maximum atomic E-state index is 11.2. The van der Waals surface area contributed by atoms with Crippen molar-refractivity contribution in [2.24, 2.45) is 0 Å². The predicted molar refractivity (Wildman–Crippen MR) is 64.2 cm³/mol. The van der Waals surface area contributed by atoms with Gasteiger partial charge in [0.25, 0.3) is 0 Å². The van der Waals surface area contributed by atoms with Crippen molar-refractivity contribution in [3.05, 3.63) is 35.4 Å². The Kier molecular flexibility index (Phi) is 5.18. The third-order valence-electron chi connectivity index (χ3n) is 2.30. The van der Waals surface area contributed by atoms with Gasteiger partial charge in [-0.3, -0.25) is 10.1 Å². The maximum Gasteiger partial charge on any atom is 0.319 e. The first-order valence-corrected chi connectivity index (χ1v) is 5.52. The Morgan fingerprint density at radius 2 is 2.12 bits per heavy atom. The summed E-state index contributed by atoms with van der Waals surface area (Å²) < 4.78 is 4.78. The lowest BCUT2D eigenvalue weighted by Gasteiger charge is -2.11. The molecule has 0 aliphatic rings. The summed E-state index contributed by atoms with van der Waals surface area (Å²) in [7, 11) is 0. The zero-order valence-corrected chi connectivity index (χ0v) is 10.1. The summed E-state index contributed by atoms with van der Waals surface area (Å²) in [5.41, 5.74) is 1.98. The van der Waals surface area contributed by atoms with E-state index in [2.05, 4.69) is 11.4 Å². The highest BCUT2D eigenvalue weighted by atomic mass is 16.5. The third-order valence-corrected chi connectivity index (χ3v) is 2.30. The molecule has 4 heteroatoms. The molecule has 0 saturated carbocycles. The molecule has 0 aliphatic carbocycles. The SMILES string of the molecule is CCOC(=O)CNC(C#N)c1ccc(C)cc1. The summed E-state index contributed by atoms with van der Waals surface area (Å²) in [6, 6.07) is 9.26. The number of rotatable bonds is 5. The minimum Gasteiger partial charge on any atom is -0.465 e. The zero-order chi connectivity index (χ0) is 12.7. The largest absolute Gasteiger partial charge is 0.465 e. The van der Waals surface area contributed by atoms with Crippen molar-refractivity contribution in [3.63, 3.8) is 0 Å². The number of hydrogen-bond donors (Lipinski definition) is 1. The number of nitrogens with one attached hydrogen (secondary N) is 1. The lowest BCUT2D eigenvalue weighted by Crippen LogP contribution is -2.28. The van der Waals surface area contributed by atoms with E-state index in [1.165, 1.54) is 0 Å². The van der Waals surface area contributed by atoms with Gasteiger partial charge in [-0.15, -0.1) is 0 Å². The first-order valence-electron chi connectivity index (χ1n) is 5.52. The minimum absolute atomic E-state index is 0.0416. The quantitative estimate of drug-likeness (QED) is 0.785. The van der Waals surface area contributed by atoms with Crippen LogP contribution in [0.1, 0.15) is 24.1 Å². The molecule has 1 aromatic rings. The third kappa shape index (κ3) is 4.25. The van der Waals surface area contributed by atoms with E-state index in [-0.39, 0.29) is 12.5 Å². The van der Waals surface area contributed by atoms with Crippen LogP contribution >= 0.6 is 0 Å². The number of esters is 1. The highest BCUT2D eigenvalue weighted by molar-refractivity contribution is 5.71. The summed E-state index contributed by atoms with van der Waals surface area (Å²) in [5, 5.41) is 11.9. The van der Waals surface area contributed by atoms with Crippen LogP contribution in [-0.4, -0.2) is 19.1 Å². The lowest BCUT2D eigenvalue weighted by atomic mass is 10.1. The molecule has 1 aromatic carbocycles. The van der Waals surface area contributed by atoms with Gasteiger partial charge in [-0.05, 0) is 19.4 Å². The number of hydrogen-bond acceptors (Lipinski definition) is 4. The van der Waals surface area contributed by atoms with Crippen molar-refractivity contribution in [1.82, 2.24) is 5.32 Å². The Labute approximate surface area is 101 Å². The van der Waals surface area contributed by atoms with E-state index in [9.17, 15) is 4.79 Å². The fourth-order valence-electron chi connectivity index (χ4n) is 1.39. The van der Waals surface area contributed by atoms with E-state index in [0.717, 1.165) is 11.1 Å². The smallest absolute Gasteiger partial charge is 0.319 e. The van der Waals surface area contributed by atoms with Gasteiger partial charge in [-0.25, -0.2) is 0 Å². The number of ether oxygens (including phenoxy) is 1.